The third-order valence-corrected chi connectivity index (χ3v) is 5.97. The summed E-state index contributed by atoms with van der Waals surface area (Å²) in [6.07, 6.45) is 4.12. The third-order valence-electron chi connectivity index (χ3n) is 4.27. The van der Waals surface area contributed by atoms with Crippen LogP contribution in [-0.4, -0.2) is 72.5 Å². The number of nitrogens with zero attached hydrogens (tertiary/aromatic N) is 4. The van der Waals surface area contributed by atoms with E-state index in [-0.39, 0.29) is 29.6 Å². The van der Waals surface area contributed by atoms with Crippen molar-refractivity contribution >= 4 is 21.8 Å². The molecule has 1 N–H and O–H groups in total. The maximum atomic E-state index is 12.3. The van der Waals surface area contributed by atoms with Crippen molar-refractivity contribution in [3.63, 3.8) is 0 Å². The van der Waals surface area contributed by atoms with Crippen molar-refractivity contribution in [3.8, 4) is 0 Å². The van der Waals surface area contributed by atoms with Crippen LogP contribution in [0.25, 0.3) is 0 Å². The van der Waals surface area contributed by atoms with Crippen molar-refractivity contribution in [2.45, 2.75) is 25.4 Å². The topological polar surface area (TPSA) is 95.5 Å². The molecular weight excluding hydrogens is 318 g/mol. The second-order valence-electron chi connectivity index (χ2n) is 5.88. The Morgan fingerprint density at radius 2 is 1.96 bits per heavy atom. The fraction of sp³-hybridized carbons (Fsp3) is 0.643. The molecule has 0 radical (unpaired) electrons. The highest BCUT2D eigenvalue weighted by molar-refractivity contribution is 7.91. The summed E-state index contributed by atoms with van der Waals surface area (Å²) in [6.45, 7) is 3.56. The minimum absolute atomic E-state index is 0.000541. The lowest BCUT2D eigenvalue weighted by molar-refractivity contribution is 0.161. The monoisotopic (exact) mass is 339 g/mol. The second-order valence-corrected chi connectivity index (χ2v) is 8.03. The van der Waals surface area contributed by atoms with E-state index in [2.05, 4.69) is 15.3 Å². The number of rotatable bonds is 3. The molecule has 0 bridgehead atoms. The van der Waals surface area contributed by atoms with E-state index in [0.717, 1.165) is 6.42 Å². The third kappa shape index (κ3) is 3.24. The summed E-state index contributed by atoms with van der Waals surface area (Å²) in [5, 5.41) is 2.84. The minimum atomic E-state index is -3.18. The van der Waals surface area contributed by atoms with Crippen LogP contribution in [0.1, 0.15) is 13.3 Å². The van der Waals surface area contributed by atoms with Crippen LogP contribution in [0.5, 0.6) is 0 Å². The van der Waals surface area contributed by atoms with Crippen LogP contribution < -0.4 is 10.2 Å². The van der Waals surface area contributed by atoms with E-state index < -0.39 is 9.84 Å². The molecule has 0 unspecified atom stereocenters. The van der Waals surface area contributed by atoms with Crippen LogP contribution in [0.2, 0.25) is 0 Å². The van der Waals surface area contributed by atoms with Crippen LogP contribution in [0.4, 0.5) is 10.7 Å². The van der Waals surface area contributed by atoms with Gasteiger partial charge >= 0.3 is 6.03 Å². The van der Waals surface area contributed by atoms with Crippen LogP contribution in [-0.2, 0) is 9.84 Å². The van der Waals surface area contributed by atoms with Crippen molar-refractivity contribution in [3.05, 3.63) is 18.5 Å². The zero-order chi connectivity index (χ0) is 16.4. The molecule has 0 aromatic carbocycles. The van der Waals surface area contributed by atoms with Crippen LogP contribution in [0, 0.1) is 0 Å². The van der Waals surface area contributed by atoms with E-state index in [1.54, 1.807) is 23.4 Å². The number of anilines is 1. The average Bonchev–Trinajstić information content (AvgIpc) is 2.87. The van der Waals surface area contributed by atoms with Gasteiger partial charge in [-0.3, -0.25) is 0 Å². The van der Waals surface area contributed by atoms with E-state index in [0.29, 0.717) is 25.6 Å². The van der Waals surface area contributed by atoms with Gasteiger partial charge in [0.15, 0.2) is 9.84 Å². The van der Waals surface area contributed by atoms with E-state index in [1.807, 2.05) is 11.8 Å². The van der Waals surface area contributed by atoms with Crippen molar-refractivity contribution in [1.82, 2.24) is 20.2 Å². The molecule has 3 rings (SSSR count). The summed E-state index contributed by atoms with van der Waals surface area (Å²) in [4.78, 5) is 24.4. The van der Waals surface area contributed by atoms with Gasteiger partial charge in [0, 0.05) is 32.0 Å². The van der Waals surface area contributed by atoms with E-state index in [1.165, 1.54) is 0 Å². The first-order chi connectivity index (χ1) is 11.0. The minimum Gasteiger partial charge on any atom is -0.338 e. The molecule has 0 aliphatic carbocycles. The smallest absolute Gasteiger partial charge is 0.317 e. The first-order valence-corrected chi connectivity index (χ1v) is 9.62. The van der Waals surface area contributed by atoms with Gasteiger partial charge in [0.2, 0.25) is 5.95 Å². The number of hydrogen-bond acceptors (Lipinski definition) is 6. The van der Waals surface area contributed by atoms with Gasteiger partial charge in [0.25, 0.3) is 0 Å². The molecule has 2 aliphatic rings. The second kappa shape index (κ2) is 6.31. The van der Waals surface area contributed by atoms with E-state index >= 15 is 0 Å². The molecule has 9 heteroatoms. The highest BCUT2D eigenvalue weighted by Gasteiger charge is 2.48. The molecule has 2 fully saturated rings. The van der Waals surface area contributed by atoms with Crippen LogP contribution >= 0.6 is 0 Å². The molecule has 8 nitrogen and oxygen atoms in total. The summed E-state index contributed by atoms with van der Waals surface area (Å²) in [5.74, 6) is 0.557. The number of hydrogen-bond donors (Lipinski definition) is 1. The Hall–Kier alpha value is -1.90. The SMILES string of the molecule is CCCNC(=O)N1CCN(c2ncccn2)[C@@H]2CS(=O)(=O)C[C@@H]21. The highest BCUT2D eigenvalue weighted by atomic mass is 32.2. The van der Waals surface area contributed by atoms with Crippen LogP contribution in [0.3, 0.4) is 0 Å². The molecule has 2 aliphatic heterocycles. The lowest BCUT2D eigenvalue weighted by Gasteiger charge is -2.43. The number of nitrogens with one attached hydrogen (secondary N) is 1. The summed E-state index contributed by atoms with van der Waals surface area (Å²) in [7, 11) is -3.18. The predicted octanol–water partition coefficient (Wildman–Crippen LogP) is -0.116. The number of aromatic nitrogens is 2. The van der Waals surface area contributed by atoms with Gasteiger partial charge in [-0.05, 0) is 12.5 Å². The maximum Gasteiger partial charge on any atom is 0.317 e. The Balaban J connectivity index is 1.84. The summed E-state index contributed by atoms with van der Waals surface area (Å²) in [5.41, 5.74) is 0. The molecule has 1 aromatic heterocycles. The Labute approximate surface area is 135 Å². The first kappa shape index (κ1) is 16.0. The summed E-state index contributed by atoms with van der Waals surface area (Å²) in [6, 6.07) is 0.895. The zero-order valence-corrected chi connectivity index (χ0v) is 13.9. The predicted molar refractivity (Wildman–Crippen MR) is 86.0 cm³/mol. The fourth-order valence-corrected chi connectivity index (χ4v) is 5.21. The number of carbonyl (C=O) groups is 1. The van der Waals surface area contributed by atoms with Crippen molar-refractivity contribution in [2.24, 2.45) is 0 Å². The molecule has 23 heavy (non-hydrogen) atoms. The molecular formula is C14H21N5O3S. The lowest BCUT2D eigenvalue weighted by atomic mass is 10.1. The van der Waals surface area contributed by atoms with Gasteiger partial charge in [-0.1, -0.05) is 6.92 Å². The normalized spacial score (nSPS) is 26.0. The average molecular weight is 339 g/mol. The van der Waals surface area contributed by atoms with Crippen LogP contribution in [0.15, 0.2) is 18.5 Å². The molecule has 3 heterocycles. The Bertz CT molecular complexity index is 666. The fourth-order valence-electron chi connectivity index (χ4n) is 3.23. The van der Waals surface area contributed by atoms with Gasteiger partial charge in [0.1, 0.15) is 0 Å². The highest BCUT2D eigenvalue weighted by Crippen LogP contribution is 2.29. The largest absolute Gasteiger partial charge is 0.338 e. The Kier molecular flexibility index (Phi) is 4.38. The van der Waals surface area contributed by atoms with Gasteiger partial charge < -0.3 is 15.1 Å². The number of piperazine rings is 1. The van der Waals surface area contributed by atoms with Crippen molar-refractivity contribution < 1.29 is 13.2 Å². The number of amides is 2. The van der Waals surface area contributed by atoms with Gasteiger partial charge in [0.05, 0.1) is 23.6 Å². The van der Waals surface area contributed by atoms with Crippen molar-refractivity contribution in [1.29, 1.82) is 0 Å². The first-order valence-electron chi connectivity index (χ1n) is 7.80. The van der Waals surface area contributed by atoms with E-state index in [4.69, 9.17) is 0 Å². The number of fused-ring (bicyclic) bond motifs is 1. The quantitative estimate of drug-likeness (QED) is 0.825. The van der Waals surface area contributed by atoms with Gasteiger partial charge in [-0.2, -0.15) is 0 Å². The molecule has 126 valence electrons. The molecule has 2 atom stereocenters. The Morgan fingerprint density at radius 3 is 2.65 bits per heavy atom. The van der Waals surface area contributed by atoms with E-state index in [9.17, 15) is 13.2 Å². The zero-order valence-electron chi connectivity index (χ0n) is 13.1. The number of urea groups is 1. The number of carbonyl (C=O) groups excluding carboxylic acids is 1. The Morgan fingerprint density at radius 1 is 1.26 bits per heavy atom. The molecule has 0 spiro atoms. The van der Waals surface area contributed by atoms with Gasteiger partial charge in [-0.15, -0.1) is 0 Å². The molecule has 0 saturated carbocycles. The molecule has 1 aromatic rings. The van der Waals surface area contributed by atoms with Gasteiger partial charge in [-0.25, -0.2) is 23.2 Å². The maximum absolute atomic E-state index is 12.3. The summed E-state index contributed by atoms with van der Waals surface area (Å²) < 4.78 is 24.3. The lowest BCUT2D eigenvalue weighted by Crippen LogP contribution is -2.62. The summed E-state index contributed by atoms with van der Waals surface area (Å²) >= 11 is 0. The molecule has 2 amide bonds. The molecule has 2 saturated heterocycles. The number of sulfone groups is 1. The van der Waals surface area contributed by atoms with Crippen molar-refractivity contribution in [2.75, 3.05) is 36.0 Å². The standard InChI is InChI=1S/C14H21N5O3S/c1-2-4-17-14(20)19-8-7-18(13-15-5-3-6-16-13)11-9-23(21,22)10-12(11)19/h3,5-6,11-12H,2,4,7-10H2,1H3,(H,17,20)/t11-,12+/m1/s1.